The monoisotopic (exact) mass is 302 g/mol. The molecule has 1 heterocycles. The van der Waals surface area contributed by atoms with Crippen molar-refractivity contribution in [2.75, 3.05) is 10.2 Å². The molecule has 0 bridgehead atoms. The topological polar surface area (TPSA) is 49.4 Å². The number of nitrogens with zero attached hydrogens (tertiary/aromatic N) is 1. The van der Waals surface area contributed by atoms with Crippen molar-refractivity contribution in [1.29, 1.82) is 0 Å². The van der Waals surface area contributed by atoms with Crippen LogP contribution < -0.4 is 10.2 Å². The second kappa shape index (κ2) is 5.55. The minimum atomic E-state index is -0.913. The molecule has 2 aromatic rings. The van der Waals surface area contributed by atoms with E-state index in [1.54, 1.807) is 6.07 Å². The van der Waals surface area contributed by atoms with Crippen molar-refractivity contribution in [3.63, 3.8) is 0 Å². The van der Waals surface area contributed by atoms with Crippen molar-refractivity contribution in [3.05, 3.63) is 60.2 Å². The van der Waals surface area contributed by atoms with Gasteiger partial charge in [0.15, 0.2) is 0 Å². The number of hydrogen-bond acceptors (Lipinski definition) is 3. The molecule has 1 aliphatic rings. The van der Waals surface area contributed by atoms with Crippen molar-refractivity contribution in [1.82, 2.24) is 0 Å². The summed E-state index contributed by atoms with van der Waals surface area (Å²) in [7, 11) is 0. The van der Waals surface area contributed by atoms with Gasteiger partial charge in [-0.25, -0.2) is 13.7 Å². The molecule has 1 fully saturated rings. The number of rotatable bonds is 3. The highest BCUT2D eigenvalue weighted by Gasteiger charge is 2.40. The van der Waals surface area contributed by atoms with E-state index >= 15 is 0 Å². The van der Waals surface area contributed by atoms with Crippen LogP contribution in [0, 0.1) is 11.6 Å². The van der Waals surface area contributed by atoms with Gasteiger partial charge in [0.1, 0.15) is 17.7 Å². The second-order valence-corrected chi connectivity index (χ2v) is 4.90. The summed E-state index contributed by atoms with van der Waals surface area (Å²) in [5, 5.41) is 2.70. The highest BCUT2D eigenvalue weighted by molar-refractivity contribution is 6.23. The molecule has 4 nitrogen and oxygen atoms in total. The largest absolute Gasteiger partial charge is 0.371 e. The number of halogens is 2. The van der Waals surface area contributed by atoms with Gasteiger partial charge in [-0.2, -0.15) is 0 Å². The molecule has 1 unspecified atom stereocenters. The van der Waals surface area contributed by atoms with Crippen molar-refractivity contribution in [3.8, 4) is 0 Å². The van der Waals surface area contributed by atoms with Gasteiger partial charge in [-0.15, -0.1) is 0 Å². The highest BCUT2D eigenvalue weighted by Crippen LogP contribution is 2.27. The smallest absolute Gasteiger partial charge is 0.256 e. The van der Waals surface area contributed by atoms with Crippen LogP contribution in [0.15, 0.2) is 48.5 Å². The van der Waals surface area contributed by atoms with Crippen molar-refractivity contribution < 1.29 is 18.4 Å². The Balaban J connectivity index is 1.86. The average Bonchev–Trinajstić information content (AvgIpc) is 2.77. The number of carbonyl (C=O) groups excluding carboxylic acids is 2. The summed E-state index contributed by atoms with van der Waals surface area (Å²) in [5.74, 6) is -2.30. The number of carbonyl (C=O) groups is 2. The number of benzene rings is 2. The Labute approximate surface area is 125 Å². The van der Waals surface area contributed by atoms with E-state index in [-0.39, 0.29) is 17.8 Å². The molecule has 6 heteroatoms. The molecule has 0 radical (unpaired) electrons. The Bertz CT molecular complexity index is 748. The Morgan fingerprint density at radius 1 is 0.955 bits per heavy atom. The van der Waals surface area contributed by atoms with Gasteiger partial charge in [0.2, 0.25) is 5.91 Å². The molecule has 3 rings (SSSR count). The quantitative estimate of drug-likeness (QED) is 0.887. The molecule has 0 aromatic heterocycles. The SMILES string of the molecule is O=C1CC(Nc2ccccc2F)C(=O)N1c1ccccc1F. The molecule has 1 atom stereocenters. The van der Waals surface area contributed by atoms with Crippen LogP contribution in [0.4, 0.5) is 20.2 Å². The zero-order valence-corrected chi connectivity index (χ0v) is 11.4. The van der Waals surface area contributed by atoms with Crippen LogP contribution in [0.2, 0.25) is 0 Å². The first-order valence-electron chi connectivity index (χ1n) is 6.70. The van der Waals surface area contributed by atoms with Crippen molar-refractivity contribution in [2.45, 2.75) is 12.5 Å². The molecule has 22 heavy (non-hydrogen) atoms. The predicted molar refractivity (Wildman–Crippen MR) is 77.3 cm³/mol. The van der Waals surface area contributed by atoms with Gasteiger partial charge in [0.25, 0.3) is 5.91 Å². The Morgan fingerprint density at radius 3 is 2.27 bits per heavy atom. The number of nitrogens with one attached hydrogen (secondary N) is 1. The Kier molecular flexibility index (Phi) is 3.58. The van der Waals surface area contributed by atoms with Gasteiger partial charge in [-0.1, -0.05) is 24.3 Å². The lowest BCUT2D eigenvalue weighted by Crippen LogP contribution is -2.35. The molecule has 2 amide bonds. The van der Waals surface area contributed by atoms with E-state index in [1.165, 1.54) is 42.5 Å². The predicted octanol–water partition coefficient (Wildman–Crippen LogP) is 2.71. The summed E-state index contributed by atoms with van der Waals surface area (Å²) in [6.07, 6.45) is -0.151. The first-order valence-corrected chi connectivity index (χ1v) is 6.70. The van der Waals surface area contributed by atoms with Crippen LogP contribution in [0.1, 0.15) is 6.42 Å². The zero-order chi connectivity index (χ0) is 15.7. The lowest BCUT2D eigenvalue weighted by atomic mass is 10.2. The number of hydrogen-bond donors (Lipinski definition) is 1. The minimum Gasteiger partial charge on any atom is -0.371 e. The maximum Gasteiger partial charge on any atom is 0.256 e. The van der Waals surface area contributed by atoms with E-state index in [9.17, 15) is 18.4 Å². The summed E-state index contributed by atoms with van der Waals surface area (Å²) in [6, 6.07) is 10.5. The minimum absolute atomic E-state index is 0.0877. The number of imide groups is 1. The summed E-state index contributed by atoms with van der Waals surface area (Å²) in [5.41, 5.74) is 0.0411. The van der Waals surface area contributed by atoms with Gasteiger partial charge in [0, 0.05) is 0 Å². The van der Waals surface area contributed by atoms with E-state index in [4.69, 9.17) is 0 Å². The normalized spacial score (nSPS) is 17.9. The van der Waals surface area contributed by atoms with Crippen LogP contribution in [-0.4, -0.2) is 17.9 Å². The second-order valence-electron chi connectivity index (χ2n) is 4.90. The van der Waals surface area contributed by atoms with E-state index in [0.717, 1.165) is 4.90 Å². The third-order valence-corrected chi connectivity index (χ3v) is 3.44. The zero-order valence-electron chi connectivity index (χ0n) is 11.4. The summed E-state index contributed by atoms with van der Waals surface area (Å²) >= 11 is 0. The summed E-state index contributed by atoms with van der Waals surface area (Å²) < 4.78 is 27.4. The van der Waals surface area contributed by atoms with Crippen molar-refractivity contribution in [2.24, 2.45) is 0 Å². The van der Waals surface area contributed by atoms with Crippen LogP contribution in [0.25, 0.3) is 0 Å². The molecule has 1 aliphatic heterocycles. The Morgan fingerprint density at radius 2 is 1.59 bits per heavy atom. The molecule has 0 spiro atoms. The van der Waals surface area contributed by atoms with E-state index in [2.05, 4.69) is 5.32 Å². The standard InChI is InChI=1S/C16H12F2N2O2/c17-10-5-1-3-7-12(10)19-13-9-15(21)20(16(13)22)14-8-4-2-6-11(14)18/h1-8,13,19H,9H2. The fraction of sp³-hybridized carbons (Fsp3) is 0.125. The first-order chi connectivity index (χ1) is 10.6. The molecule has 0 saturated carbocycles. The molecular weight excluding hydrogens is 290 g/mol. The highest BCUT2D eigenvalue weighted by atomic mass is 19.1. The maximum absolute atomic E-state index is 13.8. The molecular formula is C16H12F2N2O2. The fourth-order valence-corrected chi connectivity index (χ4v) is 2.40. The average molecular weight is 302 g/mol. The molecule has 112 valence electrons. The van der Waals surface area contributed by atoms with Gasteiger partial charge in [-0.05, 0) is 24.3 Å². The first kappa shape index (κ1) is 14.2. The van der Waals surface area contributed by atoms with Crippen LogP contribution in [-0.2, 0) is 9.59 Å². The van der Waals surface area contributed by atoms with E-state index < -0.39 is 29.5 Å². The fourth-order valence-electron chi connectivity index (χ4n) is 2.40. The number of anilines is 2. The lowest BCUT2D eigenvalue weighted by Gasteiger charge is -2.16. The van der Waals surface area contributed by atoms with Gasteiger partial charge >= 0.3 is 0 Å². The van der Waals surface area contributed by atoms with Crippen LogP contribution in [0.5, 0.6) is 0 Å². The maximum atomic E-state index is 13.8. The van der Waals surface area contributed by atoms with Crippen LogP contribution in [0.3, 0.4) is 0 Å². The van der Waals surface area contributed by atoms with Gasteiger partial charge in [0.05, 0.1) is 17.8 Å². The molecule has 2 aromatic carbocycles. The summed E-state index contributed by atoms with van der Waals surface area (Å²) in [6.45, 7) is 0. The van der Waals surface area contributed by atoms with E-state index in [0.29, 0.717) is 0 Å². The van der Waals surface area contributed by atoms with Gasteiger partial charge in [-0.3, -0.25) is 9.59 Å². The number of amides is 2. The molecule has 0 aliphatic carbocycles. The third-order valence-electron chi connectivity index (χ3n) is 3.44. The number of para-hydroxylation sites is 2. The van der Waals surface area contributed by atoms with E-state index in [1.807, 2.05) is 0 Å². The lowest BCUT2D eigenvalue weighted by molar-refractivity contribution is -0.121. The van der Waals surface area contributed by atoms with Crippen molar-refractivity contribution >= 4 is 23.2 Å². The Hall–Kier alpha value is -2.76. The molecule has 1 N–H and O–H groups in total. The summed E-state index contributed by atoms with van der Waals surface area (Å²) in [4.78, 5) is 25.2. The van der Waals surface area contributed by atoms with Crippen LogP contribution >= 0.6 is 0 Å². The third kappa shape index (κ3) is 2.43. The molecule has 1 saturated heterocycles. The van der Waals surface area contributed by atoms with Gasteiger partial charge < -0.3 is 5.32 Å².